The Morgan fingerprint density at radius 1 is 1.08 bits per heavy atom. The zero-order chi connectivity index (χ0) is 18.2. The summed E-state index contributed by atoms with van der Waals surface area (Å²) in [5.74, 6) is -0.956. The minimum atomic E-state index is -3.33. The number of sulfone groups is 1. The predicted molar refractivity (Wildman–Crippen MR) is 95.8 cm³/mol. The van der Waals surface area contributed by atoms with Gasteiger partial charge in [-0.1, -0.05) is 6.07 Å². The van der Waals surface area contributed by atoms with Gasteiger partial charge in [0.2, 0.25) is 0 Å². The Morgan fingerprint density at radius 2 is 1.68 bits per heavy atom. The molecule has 1 heterocycles. The minimum Gasteiger partial charge on any atom is -0.300 e. The van der Waals surface area contributed by atoms with Crippen molar-refractivity contribution in [3.05, 3.63) is 76.5 Å². The van der Waals surface area contributed by atoms with Crippen LogP contribution in [-0.4, -0.2) is 26.1 Å². The van der Waals surface area contributed by atoms with Gasteiger partial charge in [0.05, 0.1) is 11.8 Å². The van der Waals surface area contributed by atoms with E-state index in [1.54, 1.807) is 0 Å². The summed E-state index contributed by atoms with van der Waals surface area (Å²) in [5, 5.41) is 1.14. The van der Waals surface area contributed by atoms with Crippen molar-refractivity contribution in [2.75, 3.05) is 10.7 Å². The number of nitrogens with zero attached hydrogens (tertiary/aromatic N) is 1. The van der Waals surface area contributed by atoms with Gasteiger partial charge in [-0.3, -0.25) is 4.79 Å². The molecule has 0 saturated heterocycles. The highest BCUT2D eigenvalue weighted by Crippen LogP contribution is 2.27. The van der Waals surface area contributed by atoms with Gasteiger partial charge in [0.25, 0.3) is 5.91 Å². The number of amides is 1. The first-order valence-electron chi connectivity index (χ1n) is 7.83. The van der Waals surface area contributed by atoms with Crippen LogP contribution in [0.2, 0.25) is 0 Å². The van der Waals surface area contributed by atoms with Crippen molar-refractivity contribution in [2.45, 2.75) is 19.9 Å². The second kappa shape index (κ2) is 6.44. The highest BCUT2D eigenvalue weighted by molar-refractivity contribution is 7.94. The smallest absolute Gasteiger partial charge is 0.258 e. The first-order valence-corrected chi connectivity index (χ1v) is 9.55. The van der Waals surface area contributed by atoms with Crippen LogP contribution in [0.5, 0.6) is 0 Å². The van der Waals surface area contributed by atoms with Gasteiger partial charge < -0.3 is 4.90 Å². The number of hydrogen-bond donors (Lipinski definition) is 0. The third-order valence-corrected chi connectivity index (χ3v) is 5.42. The molecule has 0 bridgehead atoms. The van der Waals surface area contributed by atoms with E-state index in [-0.39, 0.29) is 11.7 Å². The third kappa shape index (κ3) is 3.79. The number of anilines is 1. The van der Waals surface area contributed by atoms with Gasteiger partial charge in [0.1, 0.15) is 5.82 Å². The zero-order valence-corrected chi connectivity index (χ0v) is 14.8. The van der Waals surface area contributed by atoms with Crippen LogP contribution in [0.4, 0.5) is 10.1 Å². The molecular weight excluding hydrogens is 341 g/mol. The quantitative estimate of drug-likeness (QED) is 0.844. The molecule has 2 aromatic carbocycles. The maximum atomic E-state index is 13.2. The molecule has 1 aliphatic heterocycles. The molecule has 0 N–H and O–H groups in total. The van der Waals surface area contributed by atoms with E-state index < -0.39 is 21.7 Å². The Bertz CT molecular complexity index is 929. The Kier molecular flexibility index (Phi) is 4.47. The summed E-state index contributed by atoms with van der Waals surface area (Å²) in [6.45, 7) is 3.83. The lowest BCUT2D eigenvalue weighted by Gasteiger charge is -2.28. The molecule has 0 spiro atoms. The van der Waals surface area contributed by atoms with E-state index >= 15 is 0 Å². The van der Waals surface area contributed by atoms with Crippen molar-refractivity contribution in [3.63, 3.8) is 0 Å². The summed E-state index contributed by atoms with van der Waals surface area (Å²) in [7, 11) is -3.33. The highest BCUT2D eigenvalue weighted by Gasteiger charge is 2.32. The van der Waals surface area contributed by atoms with E-state index in [0.29, 0.717) is 11.3 Å². The van der Waals surface area contributed by atoms with Crippen LogP contribution in [0, 0.1) is 19.7 Å². The monoisotopic (exact) mass is 359 g/mol. The summed E-state index contributed by atoms with van der Waals surface area (Å²) in [6, 6.07) is 10.3. The fourth-order valence-corrected chi connectivity index (χ4v) is 4.27. The lowest BCUT2D eigenvalue weighted by Crippen LogP contribution is -2.41. The molecule has 0 fully saturated rings. The van der Waals surface area contributed by atoms with E-state index in [2.05, 4.69) is 0 Å². The second-order valence-corrected chi connectivity index (χ2v) is 8.18. The normalized spacial score (nSPS) is 18.3. The van der Waals surface area contributed by atoms with Crippen LogP contribution in [0.3, 0.4) is 0 Å². The van der Waals surface area contributed by atoms with Crippen molar-refractivity contribution < 1.29 is 17.6 Å². The Labute approximate surface area is 146 Å². The fourth-order valence-electron chi connectivity index (χ4n) is 3.00. The standard InChI is InChI=1S/C19H18FNO3S/c1-13-9-14(2)11-18(10-13)21(17-7-8-25(23,24)12-17)19(22)15-3-5-16(20)6-4-15/h3-11,17H,12H2,1-2H3. The lowest BCUT2D eigenvalue weighted by atomic mass is 10.1. The summed E-state index contributed by atoms with van der Waals surface area (Å²) in [4.78, 5) is 14.5. The molecule has 1 amide bonds. The number of carbonyl (C=O) groups excluding carboxylic acids is 1. The lowest BCUT2D eigenvalue weighted by molar-refractivity contribution is 0.0983. The molecule has 0 radical (unpaired) electrons. The second-order valence-electron chi connectivity index (χ2n) is 6.25. The number of aryl methyl sites for hydroxylation is 2. The summed E-state index contributed by atoms with van der Waals surface area (Å²) < 4.78 is 36.8. The minimum absolute atomic E-state index is 0.160. The Morgan fingerprint density at radius 3 is 2.20 bits per heavy atom. The average Bonchev–Trinajstić information content (AvgIpc) is 2.87. The van der Waals surface area contributed by atoms with Crippen molar-refractivity contribution in [2.24, 2.45) is 0 Å². The number of benzene rings is 2. The molecule has 0 aliphatic carbocycles. The van der Waals surface area contributed by atoms with Gasteiger partial charge >= 0.3 is 0 Å². The molecule has 1 unspecified atom stereocenters. The molecule has 6 heteroatoms. The van der Waals surface area contributed by atoms with Crippen LogP contribution in [0.15, 0.2) is 53.9 Å². The van der Waals surface area contributed by atoms with Gasteiger partial charge in [0, 0.05) is 16.7 Å². The van der Waals surface area contributed by atoms with Crippen LogP contribution < -0.4 is 4.90 Å². The third-order valence-electron chi connectivity index (χ3n) is 4.04. The fraction of sp³-hybridized carbons (Fsp3) is 0.211. The molecule has 130 valence electrons. The van der Waals surface area contributed by atoms with E-state index in [1.165, 1.54) is 35.2 Å². The van der Waals surface area contributed by atoms with Crippen molar-refractivity contribution >= 4 is 21.4 Å². The van der Waals surface area contributed by atoms with Crippen LogP contribution in [0.25, 0.3) is 0 Å². The topological polar surface area (TPSA) is 54.5 Å². The Hall–Kier alpha value is -2.47. The maximum absolute atomic E-state index is 13.2. The van der Waals surface area contributed by atoms with Crippen molar-refractivity contribution in [3.8, 4) is 0 Å². The molecule has 25 heavy (non-hydrogen) atoms. The molecule has 0 aromatic heterocycles. The molecule has 1 aliphatic rings. The SMILES string of the molecule is Cc1cc(C)cc(N(C(=O)c2ccc(F)cc2)C2C=CS(=O)(=O)C2)c1. The van der Waals surface area contributed by atoms with Crippen molar-refractivity contribution in [1.29, 1.82) is 0 Å². The average molecular weight is 359 g/mol. The van der Waals surface area contributed by atoms with E-state index in [4.69, 9.17) is 0 Å². The predicted octanol–water partition coefficient (Wildman–Crippen LogP) is 3.40. The van der Waals surface area contributed by atoms with Crippen LogP contribution in [-0.2, 0) is 9.84 Å². The first-order chi connectivity index (χ1) is 11.7. The molecule has 0 saturated carbocycles. The number of halogens is 1. The largest absolute Gasteiger partial charge is 0.300 e. The highest BCUT2D eigenvalue weighted by atomic mass is 32.2. The van der Waals surface area contributed by atoms with Gasteiger partial charge in [-0.15, -0.1) is 0 Å². The van der Waals surface area contributed by atoms with E-state index in [9.17, 15) is 17.6 Å². The summed E-state index contributed by atoms with van der Waals surface area (Å²) in [5.41, 5.74) is 2.87. The number of rotatable bonds is 3. The van der Waals surface area contributed by atoms with Gasteiger partial charge in [-0.05, 0) is 67.4 Å². The number of hydrogen-bond acceptors (Lipinski definition) is 3. The van der Waals surface area contributed by atoms with Gasteiger partial charge in [-0.25, -0.2) is 12.8 Å². The Balaban J connectivity index is 2.07. The van der Waals surface area contributed by atoms with E-state index in [0.717, 1.165) is 16.5 Å². The molecule has 2 aromatic rings. The number of carbonyl (C=O) groups is 1. The van der Waals surface area contributed by atoms with Gasteiger partial charge in [-0.2, -0.15) is 0 Å². The zero-order valence-electron chi connectivity index (χ0n) is 13.9. The molecule has 1 atom stereocenters. The van der Waals surface area contributed by atoms with Crippen LogP contribution in [0.1, 0.15) is 21.5 Å². The van der Waals surface area contributed by atoms with Crippen LogP contribution >= 0.6 is 0 Å². The molecule has 4 nitrogen and oxygen atoms in total. The molecule has 3 rings (SSSR count). The van der Waals surface area contributed by atoms with Crippen molar-refractivity contribution in [1.82, 2.24) is 0 Å². The summed E-state index contributed by atoms with van der Waals surface area (Å²) in [6.07, 6.45) is 1.52. The maximum Gasteiger partial charge on any atom is 0.258 e. The summed E-state index contributed by atoms with van der Waals surface area (Å²) >= 11 is 0. The molecular formula is C19H18FNO3S. The van der Waals surface area contributed by atoms with E-state index in [1.807, 2.05) is 32.0 Å². The first kappa shape index (κ1) is 17.4. The van der Waals surface area contributed by atoms with Gasteiger partial charge in [0.15, 0.2) is 9.84 Å².